The molecule has 0 aliphatic rings. The second-order valence-electron chi connectivity index (χ2n) is 3.85. The summed E-state index contributed by atoms with van der Waals surface area (Å²) in [4.78, 5) is 14.0. The number of non-ortho nitro benzene ring substituents is 1. The van der Waals surface area contributed by atoms with Gasteiger partial charge < -0.3 is 0 Å². The van der Waals surface area contributed by atoms with Gasteiger partial charge in [-0.2, -0.15) is 5.10 Å². The highest BCUT2D eigenvalue weighted by molar-refractivity contribution is 5.98. The van der Waals surface area contributed by atoms with Crippen molar-refractivity contribution < 1.29 is 4.92 Å². The second-order valence-corrected chi connectivity index (χ2v) is 3.85. The average Bonchev–Trinajstić information content (AvgIpc) is 2.46. The molecule has 1 aromatic heterocycles. The first-order valence-electron chi connectivity index (χ1n) is 5.62. The van der Waals surface area contributed by atoms with E-state index in [1.54, 1.807) is 24.5 Å². The van der Waals surface area contributed by atoms with E-state index in [9.17, 15) is 10.1 Å². The molecule has 1 N–H and O–H groups in total. The van der Waals surface area contributed by atoms with Crippen LogP contribution in [0.2, 0.25) is 0 Å². The van der Waals surface area contributed by atoms with Gasteiger partial charge in [-0.3, -0.25) is 20.5 Å². The van der Waals surface area contributed by atoms with Gasteiger partial charge in [-0.05, 0) is 31.2 Å². The van der Waals surface area contributed by atoms with Gasteiger partial charge in [0.05, 0.1) is 16.3 Å². The van der Waals surface area contributed by atoms with E-state index in [1.165, 1.54) is 12.1 Å². The minimum atomic E-state index is -0.435. The molecule has 0 aliphatic carbocycles. The lowest BCUT2D eigenvalue weighted by Gasteiger charge is -2.03. The Kier molecular flexibility index (Phi) is 3.82. The zero-order valence-corrected chi connectivity index (χ0v) is 10.3. The van der Waals surface area contributed by atoms with Gasteiger partial charge in [0.1, 0.15) is 0 Å². The van der Waals surface area contributed by atoms with Gasteiger partial charge in [0.25, 0.3) is 5.69 Å². The minimum absolute atomic E-state index is 0.0559. The number of hydrogen-bond donors (Lipinski definition) is 1. The van der Waals surface area contributed by atoms with Gasteiger partial charge in [-0.15, -0.1) is 0 Å². The Morgan fingerprint density at radius 2 is 1.84 bits per heavy atom. The van der Waals surface area contributed by atoms with Crippen molar-refractivity contribution in [1.29, 1.82) is 0 Å². The predicted molar refractivity (Wildman–Crippen MR) is 73.2 cm³/mol. The van der Waals surface area contributed by atoms with Gasteiger partial charge in [-0.1, -0.05) is 0 Å². The monoisotopic (exact) mass is 256 g/mol. The number of nitro groups is 1. The molecule has 0 unspecified atom stereocenters. The Labute approximate surface area is 110 Å². The standard InChI is InChI=1S/C13H12N4O2/c1-10(11-6-8-14-9-7-11)15-16-12-2-4-13(5-3-12)17(18)19/h2-9,16H,1H3/b15-10+. The summed E-state index contributed by atoms with van der Waals surface area (Å²) >= 11 is 0. The normalized spacial score (nSPS) is 11.1. The van der Waals surface area contributed by atoms with Crippen molar-refractivity contribution in [3.05, 3.63) is 64.5 Å². The lowest BCUT2D eigenvalue weighted by atomic mass is 10.2. The molecule has 0 radical (unpaired) electrons. The highest BCUT2D eigenvalue weighted by atomic mass is 16.6. The average molecular weight is 256 g/mol. The number of nitro benzene ring substituents is 1. The van der Waals surface area contributed by atoms with Crippen molar-refractivity contribution in [2.45, 2.75) is 6.92 Å². The summed E-state index contributed by atoms with van der Waals surface area (Å²) in [6.07, 6.45) is 3.39. The lowest BCUT2D eigenvalue weighted by molar-refractivity contribution is -0.384. The van der Waals surface area contributed by atoms with Crippen LogP contribution < -0.4 is 5.43 Å². The molecule has 6 heteroatoms. The first-order valence-corrected chi connectivity index (χ1v) is 5.62. The summed E-state index contributed by atoms with van der Waals surface area (Å²) in [6.45, 7) is 1.87. The van der Waals surface area contributed by atoms with Crippen molar-refractivity contribution in [3.8, 4) is 0 Å². The van der Waals surface area contributed by atoms with Crippen LogP contribution in [-0.2, 0) is 0 Å². The number of anilines is 1. The molecule has 2 aromatic rings. The fourth-order valence-corrected chi connectivity index (χ4v) is 1.46. The summed E-state index contributed by atoms with van der Waals surface area (Å²) in [5, 5.41) is 14.7. The third-order valence-electron chi connectivity index (χ3n) is 2.53. The number of rotatable bonds is 4. The Morgan fingerprint density at radius 3 is 2.42 bits per heavy atom. The summed E-state index contributed by atoms with van der Waals surface area (Å²) in [5.41, 5.74) is 5.37. The minimum Gasteiger partial charge on any atom is -0.278 e. The molecule has 0 amide bonds. The van der Waals surface area contributed by atoms with Gasteiger partial charge in [-0.25, -0.2) is 0 Å². The topological polar surface area (TPSA) is 80.4 Å². The molecule has 0 saturated carbocycles. The van der Waals surface area contributed by atoms with Gasteiger partial charge in [0.15, 0.2) is 0 Å². The molecular weight excluding hydrogens is 244 g/mol. The highest BCUT2D eigenvalue weighted by Gasteiger charge is 2.03. The van der Waals surface area contributed by atoms with Gasteiger partial charge in [0.2, 0.25) is 0 Å². The van der Waals surface area contributed by atoms with E-state index >= 15 is 0 Å². The summed E-state index contributed by atoms with van der Waals surface area (Å²) < 4.78 is 0. The molecular formula is C13H12N4O2. The van der Waals surface area contributed by atoms with E-state index in [1.807, 2.05) is 19.1 Å². The van der Waals surface area contributed by atoms with Crippen LogP contribution in [0, 0.1) is 10.1 Å². The van der Waals surface area contributed by atoms with Gasteiger partial charge in [0, 0.05) is 30.1 Å². The van der Waals surface area contributed by atoms with Crippen LogP contribution in [0.5, 0.6) is 0 Å². The molecule has 6 nitrogen and oxygen atoms in total. The van der Waals surface area contributed by atoms with E-state index < -0.39 is 4.92 Å². The smallest absolute Gasteiger partial charge is 0.269 e. The number of hydrazone groups is 1. The number of aromatic nitrogens is 1. The number of benzene rings is 1. The summed E-state index contributed by atoms with van der Waals surface area (Å²) in [5.74, 6) is 0. The molecule has 2 rings (SSSR count). The van der Waals surface area contributed by atoms with Crippen molar-refractivity contribution in [2.75, 3.05) is 5.43 Å². The van der Waals surface area contributed by atoms with Crippen LogP contribution in [0.15, 0.2) is 53.9 Å². The Bertz CT molecular complexity index is 594. The zero-order chi connectivity index (χ0) is 13.7. The van der Waals surface area contributed by atoms with Crippen LogP contribution >= 0.6 is 0 Å². The Morgan fingerprint density at radius 1 is 1.21 bits per heavy atom. The van der Waals surface area contributed by atoms with E-state index in [-0.39, 0.29) is 5.69 Å². The molecule has 0 fully saturated rings. The fourth-order valence-electron chi connectivity index (χ4n) is 1.46. The third kappa shape index (κ3) is 3.35. The van der Waals surface area contributed by atoms with Crippen LogP contribution in [-0.4, -0.2) is 15.6 Å². The van der Waals surface area contributed by atoms with Crippen molar-refractivity contribution in [1.82, 2.24) is 4.98 Å². The number of pyridine rings is 1. The summed E-state index contributed by atoms with van der Waals surface area (Å²) in [6, 6.07) is 9.80. The van der Waals surface area contributed by atoms with E-state index in [0.717, 1.165) is 11.3 Å². The molecule has 96 valence electrons. The highest BCUT2D eigenvalue weighted by Crippen LogP contribution is 2.15. The van der Waals surface area contributed by atoms with E-state index in [4.69, 9.17) is 0 Å². The molecule has 19 heavy (non-hydrogen) atoms. The Hall–Kier alpha value is -2.76. The number of hydrogen-bond acceptors (Lipinski definition) is 5. The van der Waals surface area contributed by atoms with Crippen molar-refractivity contribution in [2.24, 2.45) is 5.10 Å². The molecule has 0 atom stereocenters. The number of nitrogens with one attached hydrogen (secondary N) is 1. The largest absolute Gasteiger partial charge is 0.278 e. The maximum Gasteiger partial charge on any atom is 0.269 e. The number of nitrogens with zero attached hydrogens (tertiary/aromatic N) is 3. The fraction of sp³-hybridized carbons (Fsp3) is 0.0769. The molecule has 1 aromatic carbocycles. The van der Waals surface area contributed by atoms with Crippen LogP contribution in [0.1, 0.15) is 12.5 Å². The Balaban J connectivity index is 2.08. The molecule has 0 spiro atoms. The van der Waals surface area contributed by atoms with Gasteiger partial charge >= 0.3 is 0 Å². The molecule has 1 heterocycles. The maximum absolute atomic E-state index is 10.5. The van der Waals surface area contributed by atoms with Crippen molar-refractivity contribution >= 4 is 17.1 Å². The lowest BCUT2D eigenvalue weighted by Crippen LogP contribution is -1.99. The van der Waals surface area contributed by atoms with Crippen molar-refractivity contribution in [3.63, 3.8) is 0 Å². The second kappa shape index (κ2) is 5.72. The quantitative estimate of drug-likeness (QED) is 0.518. The van der Waals surface area contributed by atoms with E-state index in [2.05, 4.69) is 15.5 Å². The zero-order valence-electron chi connectivity index (χ0n) is 10.3. The SMILES string of the molecule is C/C(=N\Nc1ccc([N+](=O)[O-])cc1)c1ccncc1. The maximum atomic E-state index is 10.5. The molecule has 0 saturated heterocycles. The van der Waals surface area contributed by atoms with E-state index in [0.29, 0.717) is 5.69 Å². The van der Waals surface area contributed by atoms with Crippen LogP contribution in [0.4, 0.5) is 11.4 Å². The molecule has 0 bridgehead atoms. The molecule has 0 aliphatic heterocycles. The van der Waals surface area contributed by atoms with Crippen LogP contribution in [0.3, 0.4) is 0 Å². The summed E-state index contributed by atoms with van der Waals surface area (Å²) in [7, 11) is 0. The first kappa shape index (κ1) is 12.7. The first-order chi connectivity index (χ1) is 9.16. The van der Waals surface area contributed by atoms with Crippen LogP contribution in [0.25, 0.3) is 0 Å². The predicted octanol–water partition coefficient (Wildman–Crippen LogP) is 2.83. The third-order valence-corrected chi connectivity index (χ3v) is 2.53.